The van der Waals surface area contributed by atoms with E-state index in [1.54, 1.807) is 0 Å². The molecule has 0 radical (unpaired) electrons. The fraction of sp³-hybridized carbons (Fsp3) is 0.333. The fourth-order valence-electron chi connectivity index (χ4n) is 1.78. The Labute approximate surface area is 142 Å². The summed E-state index contributed by atoms with van der Waals surface area (Å²) in [5.74, 6) is -3.12. The van der Waals surface area contributed by atoms with Crippen LogP contribution in [0.25, 0.3) is 0 Å². The van der Waals surface area contributed by atoms with Crippen molar-refractivity contribution >= 4 is 35.9 Å². The topological polar surface area (TPSA) is 163 Å². The maximum atomic E-state index is 11.9. The van der Waals surface area contributed by atoms with Gasteiger partial charge in [0.25, 0.3) is 5.91 Å². The van der Waals surface area contributed by atoms with Crippen LogP contribution in [0, 0.1) is 0 Å². The van der Waals surface area contributed by atoms with E-state index in [4.69, 9.17) is 10.2 Å². The van der Waals surface area contributed by atoms with E-state index in [0.29, 0.717) is 6.29 Å². The molecule has 1 rings (SSSR count). The molecule has 2 amide bonds. The Morgan fingerprint density at radius 3 is 2.36 bits per heavy atom. The second-order valence-electron chi connectivity index (χ2n) is 5.04. The highest BCUT2D eigenvalue weighted by atomic mass is 16.4. The van der Waals surface area contributed by atoms with E-state index in [1.165, 1.54) is 12.1 Å². The molecule has 25 heavy (non-hydrogen) atoms. The number of rotatable bonds is 10. The molecule has 134 valence electrons. The van der Waals surface area contributed by atoms with E-state index in [2.05, 4.69) is 15.6 Å². The van der Waals surface area contributed by atoms with Gasteiger partial charge >= 0.3 is 11.9 Å². The molecule has 0 spiro atoms. The Hall–Kier alpha value is -3.30. The predicted molar refractivity (Wildman–Crippen MR) is 83.9 cm³/mol. The van der Waals surface area contributed by atoms with Crippen LogP contribution < -0.4 is 10.6 Å². The molecule has 1 aromatic rings. The van der Waals surface area contributed by atoms with Crippen LogP contribution in [0.1, 0.15) is 36.0 Å². The van der Waals surface area contributed by atoms with E-state index in [1.807, 2.05) is 0 Å². The molecule has 0 aromatic carbocycles. The third-order valence-corrected chi connectivity index (χ3v) is 2.96. The molecule has 0 saturated carbocycles. The number of carboxylic acid groups (broad SMARTS) is 2. The number of anilines is 1. The minimum atomic E-state index is -1.23. The summed E-state index contributed by atoms with van der Waals surface area (Å²) < 4.78 is 0. The van der Waals surface area contributed by atoms with Gasteiger partial charge in [0.2, 0.25) is 5.91 Å². The van der Waals surface area contributed by atoms with Crippen molar-refractivity contribution in [3.05, 3.63) is 23.9 Å². The summed E-state index contributed by atoms with van der Waals surface area (Å²) in [4.78, 5) is 59.0. The van der Waals surface area contributed by atoms with Gasteiger partial charge in [-0.2, -0.15) is 0 Å². The Kier molecular flexibility index (Phi) is 7.70. The number of amides is 2. The third kappa shape index (κ3) is 7.68. The maximum absolute atomic E-state index is 11.9. The highest BCUT2D eigenvalue weighted by Gasteiger charge is 2.16. The van der Waals surface area contributed by atoms with Crippen LogP contribution in [0.4, 0.5) is 5.82 Å². The molecule has 0 aliphatic rings. The first kappa shape index (κ1) is 19.7. The van der Waals surface area contributed by atoms with Crippen molar-refractivity contribution in [1.82, 2.24) is 10.3 Å². The molecule has 10 nitrogen and oxygen atoms in total. The zero-order valence-electron chi connectivity index (χ0n) is 13.1. The molecule has 0 aliphatic carbocycles. The van der Waals surface area contributed by atoms with Gasteiger partial charge < -0.3 is 25.6 Å². The van der Waals surface area contributed by atoms with E-state index in [9.17, 15) is 24.0 Å². The number of carbonyl (C=O) groups excluding carboxylic acids is 3. The average molecular weight is 351 g/mol. The summed E-state index contributed by atoms with van der Waals surface area (Å²) in [7, 11) is 0. The standard InChI is InChI=1S/C15H17N3O7/c19-8-10(6-14(23)24)17-15(25)9-4-5-11(16-7-9)18-12(20)2-1-3-13(21)22/h4-5,7-8,10H,1-3,6H2,(H,17,25)(H,21,22)(H,23,24)(H,16,18,20)/t10-/m0/s1. The van der Waals surface area contributed by atoms with Gasteiger partial charge in [-0.25, -0.2) is 4.98 Å². The highest BCUT2D eigenvalue weighted by Crippen LogP contribution is 2.07. The van der Waals surface area contributed by atoms with Gasteiger partial charge in [0.05, 0.1) is 18.0 Å². The summed E-state index contributed by atoms with van der Waals surface area (Å²) in [5, 5.41) is 21.8. The Morgan fingerprint density at radius 1 is 1.12 bits per heavy atom. The zero-order chi connectivity index (χ0) is 18.8. The monoisotopic (exact) mass is 351 g/mol. The molecule has 0 fully saturated rings. The number of hydrogen-bond acceptors (Lipinski definition) is 6. The molecule has 0 saturated heterocycles. The van der Waals surface area contributed by atoms with Crippen LogP contribution in [0.15, 0.2) is 18.3 Å². The van der Waals surface area contributed by atoms with E-state index in [-0.39, 0.29) is 30.6 Å². The van der Waals surface area contributed by atoms with Crippen molar-refractivity contribution in [2.24, 2.45) is 0 Å². The second-order valence-corrected chi connectivity index (χ2v) is 5.04. The molecule has 10 heteroatoms. The van der Waals surface area contributed by atoms with Crippen LogP contribution in [0.2, 0.25) is 0 Å². The number of nitrogens with one attached hydrogen (secondary N) is 2. The average Bonchev–Trinajstić information content (AvgIpc) is 2.53. The van der Waals surface area contributed by atoms with Gasteiger partial charge in [-0.05, 0) is 18.6 Å². The summed E-state index contributed by atoms with van der Waals surface area (Å²) in [6, 6.07) is 1.55. The van der Waals surface area contributed by atoms with E-state index < -0.39 is 36.2 Å². The van der Waals surface area contributed by atoms with Gasteiger partial charge in [0.15, 0.2) is 0 Å². The minimum Gasteiger partial charge on any atom is -0.481 e. The molecule has 0 aliphatic heterocycles. The number of aldehydes is 1. The molecular weight excluding hydrogens is 334 g/mol. The van der Waals surface area contributed by atoms with Crippen LogP contribution >= 0.6 is 0 Å². The minimum absolute atomic E-state index is 0.0203. The molecular formula is C15H17N3O7. The number of carbonyl (C=O) groups is 5. The molecule has 0 bridgehead atoms. The normalized spacial score (nSPS) is 11.2. The Morgan fingerprint density at radius 2 is 1.84 bits per heavy atom. The number of carboxylic acids is 2. The first-order valence-electron chi connectivity index (χ1n) is 7.27. The van der Waals surface area contributed by atoms with E-state index in [0.717, 1.165) is 6.20 Å². The number of nitrogens with zero attached hydrogens (tertiary/aromatic N) is 1. The SMILES string of the molecule is O=C[C@H](CC(=O)O)NC(=O)c1ccc(NC(=O)CCCC(=O)O)nc1. The van der Waals surface area contributed by atoms with Crippen LogP contribution in [-0.4, -0.2) is 51.3 Å². The largest absolute Gasteiger partial charge is 0.481 e. The molecule has 1 aromatic heterocycles. The van der Waals surface area contributed by atoms with Crippen molar-refractivity contribution in [3.63, 3.8) is 0 Å². The summed E-state index contributed by atoms with van der Waals surface area (Å²) >= 11 is 0. The predicted octanol–water partition coefficient (Wildman–Crippen LogP) is 0.0470. The molecule has 1 heterocycles. The summed E-state index contributed by atoms with van der Waals surface area (Å²) in [5.41, 5.74) is 0.0844. The number of hydrogen-bond donors (Lipinski definition) is 4. The summed E-state index contributed by atoms with van der Waals surface area (Å²) in [6.07, 6.45) is 1.04. The molecule has 1 atom stereocenters. The maximum Gasteiger partial charge on any atom is 0.305 e. The number of aromatic nitrogens is 1. The highest BCUT2D eigenvalue weighted by molar-refractivity contribution is 5.96. The lowest BCUT2D eigenvalue weighted by molar-refractivity contribution is -0.138. The Bertz CT molecular complexity index is 658. The quantitative estimate of drug-likeness (QED) is 0.429. The fourth-order valence-corrected chi connectivity index (χ4v) is 1.78. The third-order valence-electron chi connectivity index (χ3n) is 2.96. The lowest BCUT2D eigenvalue weighted by atomic mass is 10.2. The van der Waals surface area contributed by atoms with Gasteiger partial charge in [-0.1, -0.05) is 0 Å². The zero-order valence-corrected chi connectivity index (χ0v) is 13.1. The van der Waals surface area contributed by atoms with Gasteiger partial charge in [0, 0.05) is 19.0 Å². The Balaban J connectivity index is 2.55. The van der Waals surface area contributed by atoms with Crippen molar-refractivity contribution in [3.8, 4) is 0 Å². The number of pyridine rings is 1. The first-order chi connectivity index (χ1) is 11.8. The van der Waals surface area contributed by atoms with Crippen molar-refractivity contribution < 1.29 is 34.2 Å². The van der Waals surface area contributed by atoms with Gasteiger partial charge in [0.1, 0.15) is 12.1 Å². The lowest BCUT2D eigenvalue weighted by Crippen LogP contribution is -2.37. The van der Waals surface area contributed by atoms with Gasteiger partial charge in [-0.15, -0.1) is 0 Å². The van der Waals surface area contributed by atoms with Crippen molar-refractivity contribution in [1.29, 1.82) is 0 Å². The van der Waals surface area contributed by atoms with Crippen molar-refractivity contribution in [2.45, 2.75) is 31.7 Å². The van der Waals surface area contributed by atoms with Gasteiger partial charge in [-0.3, -0.25) is 19.2 Å². The van der Waals surface area contributed by atoms with Crippen LogP contribution in [0.3, 0.4) is 0 Å². The van der Waals surface area contributed by atoms with E-state index >= 15 is 0 Å². The molecule has 4 N–H and O–H groups in total. The summed E-state index contributed by atoms with van der Waals surface area (Å²) in [6.45, 7) is 0. The number of aliphatic carboxylic acids is 2. The second kappa shape index (κ2) is 9.75. The smallest absolute Gasteiger partial charge is 0.305 e. The van der Waals surface area contributed by atoms with Crippen molar-refractivity contribution in [2.75, 3.05) is 5.32 Å². The van der Waals surface area contributed by atoms with Crippen LogP contribution in [0.5, 0.6) is 0 Å². The first-order valence-corrected chi connectivity index (χ1v) is 7.27. The molecule has 0 unspecified atom stereocenters. The van der Waals surface area contributed by atoms with Crippen LogP contribution in [-0.2, 0) is 19.2 Å². The lowest BCUT2D eigenvalue weighted by Gasteiger charge is -2.10.